The summed E-state index contributed by atoms with van der Waals surface area (Å²) in [5.41, 5.74) is 2.99. The van der Waals surface area contributed by atoms with E-state index in [1.807, 2.05) is 12.1 Å². The number of aryl methyl sites for hydroxylation is 1. The Labute approximate surface area is 173 Å². The average molecular weight is 418 g/mol. The zero-order chi connectivity index (χ0) is 20.0. The minimum atomic E-state index is -3.39. The van der Waals surface area contributed by atoms with Gasteiger partial charge in [-0.25, -0.2) is 8.42 Å². The molecule has 7 heteroatoms. The third-order valence-corrected chi connectivity index (χ3v) is 6.96. The number of sulfonamides is 1. The quantitative estimate of drug-likeness (QED) is 0.644. The molecule has 0 unspecified atom stereocenters. The van der Waals surface area contributed by atoms with Crippen molar-refractivity contribution in [3.05, 3.63) is 54.1 Å². The van der Waals surface area contributed by atoms with Crippen molar-refractivity contribution in [2.45, 2.75) is 43.9 Å². The first-order valence-corrected chi connectivity index (χ1v) is 11.6. The second kappa shape index (κ2) is 9.49. The van der Waals surface area contributed by atoms with Gasteiger partial charge in [0.15, 0.2) is 5.11 Å². The van der Waals surface area contributed by atoms with Crippen LogP contribution in [0.2, 0.25) is 0 Å². The molecule has 2 aromatic carbocycles. The second-order valence-corrected chi connectivity index (χ2v) is 9.36. The molecule has 28 heavy (non-hydrogen) atoms. The number of thiocarbonyl (C=S) groups is 1. The van der Waals surface area contributed by atoms with Crippen LogP contribution < -0.4 is 10.6 Å². The van der Waals surface area contributed by atoms with Crippen LogP contribution in [0.15, 0.2) is 53.4 Å². The van der Waals surface area contributed by atoms with Crippen LogP contribution in [0.4, 0.5) is 11.4 Å². The van der Waals surface area contributed by atoms with Crippen molar-refractivity contribution in [1.29, 1.82) is 0 Å². The largest absolute Gasteiger partial charge is 0.332 e. The van der Waals surface area contributed by atoms with Crippen LogP contribution in [0.1, 0.15) is 38.2 Å². The maximum atomic E-state index is 12.6. The summed E-state index contributed by atoms with van der Waals surface area (Å²) in [6, 6.07) is 15.0. The van der Waals surface area contributed by atoms with Gasteiger partial charge in [-0.3, -0.25) is 0 Å². The highest BCUT2D eigenvalue weighted by atomic mass is 32.2. The van der Waals surface area contributed by atoms with Crippen molar-refractivity contribution < 1.29 is 8.42 Å². The topological polar surface area (TPSA) is 61.4 Å². The van der Waals surface area contributed by atoms with Crippen molar-refractivity contribution >= 4 is 38.7 Å². The lowest BCUT2D eigenvalue weighted by Crippen LogP contribution is -2.27. The van der Waals surface area contributed by atoms with E-state index in [1.165, 1.54) is 18.4 Å². The Balaban J connectivity index is 1.57. The normalized spacial score (nSPS) is 14.8. The van der Waals surface area contributed by atoms with Crippen LogP contribution in [0.25, 0.3) is 0 Å². The Morgan fingerprint density at radius 1 is 0.964 bits per heavy atom. The molecule has 5 nitrogen and oxygen atoms in total. The lowest BCUT2D eigenvalue weighted by atomic mass is 10.1. The van der Waals surface area contributed by atoms with E-state index in [0.29, 0.717) is 23.1 Å². The van der Waals surface area contributed by atoms with Gasteiger partial charge >= 0.3 is 0 Å². The van der Waals surface area contributed by atoms with E-state index in [9.17, 15) is 8.42 Å². The first kappa shape index (κ1) is 20.8. The Kier molecular flexibility index (Phi) is 7.04. The molecule has 0 amide bonds. The van der Waals surface area contributed by atoms with Gasteiger partial charge in [-0.05, 0) is 79.9 Å². The number of rotatable bonds is 7. The molecule has 0 atom stereocenters. The van der Waals surface area contributed by atoms with Crippen LogP contribution in [-0.2, 0) is 16.4 Å². The van der Waals surface area contributed by atoms with Crippen molar-refractivity contribution in [3.8, 4) is 0 Å². The van der Waals surface area contributed by atoms with Crippen molar-refractivity contribution in [2.75, 3.05) is 23.7 Å². The molecule has 2 N–H and O–H groups in total. The van der Waals surface area contributed by atoms with E-state index in [0.717, 1.165) is 30.6 Å². The summed E-state index contributed by atoms with van der Waals surface area (Å²) in [4.78, 5) is 0.321. The number of anilines is 2. The zero-order valence-electron chi connectivity index (χ0n) is 16.1. The molecule has 1 saturated heterocycles. The number of benzene rings is 2. The lowest BCUT2D eigenvalue weighted by molar-refractivity contribution is 0.477. The Morgan fingerprint density at radius 2 is 1.50 bits per heavy atom. The summed E-state index contributed by atoms with van der Waals surface area (Å²) in [7, 11) is -3.39. The molecule has 1 heterocycles. The summed E-state index contributed by atoms with van der Waals surface area (Å²) in [5, 5.41) is 6.73. The molecular weight excluding hydrogens is 390 g/mol. The third-order valence-electron chi connectivity index (χ3n) is 4.85. The van der Waals surface area contributed by atoms with E-state index in [4.69, 9.17) is 12.2 Å². The van der Waals surface area contributed by atoms with E-state index in [-0.39, 0.29) is 0 Å². The molecule has 0 radical (unpaired) electrons. The van der Waals surface area contributed by atoms with E-state index >= 15 is 0 Å². The Bertz CT molecular complexity index is 888. The minimum Gasteiger partial charge on any atom is -0.332 e. The molecule has 1 aliphatic heterocycles. The highest BCUT2D eigenvalue weighted by Crippen LogP contribution is 2.22. The average Bonchev–Trinajstić information content (AvgIpc) is 3.23. The molecule has 0 saturated carbocycles. The molecule has 0 aromatic heterocycles. The molecule has 2 aromatic rings. The van der Waals surface area contributed by atoms with E-state index < -0.39 is 10.0 Å². The van der Waals surface area contributed by atoms with E-state index in [1.54, 1.807) is 28.6 Å². The Hall–Kier alpha value is -1.96. The monoisotopic (exact) mass is 417 g/mol. The van der Waals surface area contributed by atoms with Gasteiger partial charge in [0, 0.05) is 24.5 Å². The molecule has 3 rings (SSSR count). The van der Waals surface area contributed by atoms with Crippen LogP contribution in [0.5, 0.6) is 0 Å². The molecule has 1 fully saturated rings. The molecular formula is C21H27N3O2S2. The summed E-state index contributed by atoms with van der Waals surface area (Å²) in [6.07, 6.45) is 5.32. The number of hydrogen-bond acceptors (Lipinski definition) is 3. The number of nitrogens with zero attached hydrogens (tertiary/aromatic N) is 1. The van der Waals surface area contributed by atoms with E-state index in [2.05, 4.69) is 29.7 Å². The molecule has 150 valence electrons. The fourth-order valence-electron chi connectivity index (χ4n) is 3.22. The maximum Gasteiger partial charge on any atom is 0.243 e. The summed E-state index contributed by atoms with van der Waals surface area (Å²) < 4.78 is 26.7. The molecule has 0 spiro atoms. The molecule has 0 aliphatic carbocycles. The van der Waals surface area contributed by atoms with Crippen LogP contribution in [-0.4, -0.2) is 30.9 Å². The zero-order valence-corrected chi connectivity index (χ0v) is 17.8. The highest BCUT2D eigenvalue weighted by molar-refractivity contribution is 7.89. The van der Waals surface area contributed by atoms with Crippen molar-refractivity contribution in [3.63, 3.8) is 0 Å². The third kappa shape index (κ3) is 5.31. The van der Waals surface area contributed by atoms with Gasteiger partial charge in [-0.15, -0.1) is 0 Å². The predicted molar refractivity (Wildman–Crippen MR) is 119 cm³/mol. The maximum absolute atomic E-state index is 12.6. The van der Waals surface area contributed by atoms with Crippen molar-refractivity contribution in [2.24, 2.45) is 0 Å². The van der Waals surface area contributed by atoms with Crippen LogP contribution in [0.3, 0.4) is 0 Å². The predicted octanol–water partition coefficient (Wildman–Crippen LogP) is 4.62. The number of nitrogens with one attached hydrogen (secondary N) is 2. The molecule has 0 bridgehead atoms. The fraction of sp³-hybridized carbons (Fsp3) is 0.381. The SMILES string of the molecule is CCCCc1ccc(NC(=S)Nc2ccc(S(=O)(=O)N3CCCC3)cc2)cc1. The van der Waals surface area contributed by atoms with Crippen LogP contribution in [0, 0.1) is 0 Å². The molecule has 1 aliphatic rings. The second-order valence-electron chi connectivity index (χ2n) is 7.02. The van der Waals surface area contributed by atoms with Gasteiger partial charge in [0.05, 0.1) is 4.90 Å². The fourth-order valence-corrected chi connectivity index (χ4v) is 4.97. The summed E-state index contributed by atoms with van der Waals surface area (Å²) >= 11 is 5.37. The minimum absolute atomic E-state index is 0.321. The summed E-state index contributed by atoms with van der Waals surface area (Å²) in [5.74, 6) is 0. The Morgan fingerprint density at radius 3 is 2.04 bits per heavy atom. The van der Waals surface area contributed by atoms with Crippen molar-refractivity contribution in [1.82, 2.24) is 4.31 Å². The van der Waals surface area contributed by atoms with Gasteiger partial charge in [0.1, 0.15) is 0 Å². The summed E-state index contributed by atoms with van der Waals surface area (Å²) in [6.45, 7) is 3.40. The number of hydrogen-bond donors (Lipinski definition) is 2. The number of unbranched alkanes of at least 4 members (excludes halogenated alkanes) is 1. The lowest BCUT2D eigenvalue weighted by Gasteiger charge is -2.16. The first-order valence-electron chi connectivity index (χ1n) is 9.76. The smallest absolute Gasteiger partial charge is 0.243 e. The van der Waals surface area contributed by atoms with Gasteiger partial charge in [0.25, 0.3) is 0 Å². The van der Waals surface area contributed by atoms with Gasteiger partial charge in [0.2, 0.25) is 10.0 Å². The van der Waals surface area contributed by atoms with Gasteiger partial charge in [-0.2, -0.15) is 4.31 Å². The van der Waals surface area contributed by atoms with Gasteiger partial charge < -0.3 is 10.6 Å². The van der Waals surface area contributed by atoms with Crippen LogP contribution >= 0.6 is 12.2 Å². The standard InChI is InChI=1S/C21H27N3O2S2/c1-2-3-6-17-7-9-18(10-8-17)22-21(27)23-19-11-13-20(14-12-19)28(25,26)24-15-4-5-16-24/h7-14H,2-6,15-16H2,1H3,(H2,22,23,27). The van der Waals surface area contributed by atoms with Gasteiger partial charge in [-0.1, -0.05) is 25.5 Å². The first-order chi connectivity index (χ1) is 13.5. The highest BCUT2D eigenvalue weighted by Gasteiger charge is 2.26.